The molecule has 154 valence electrons. The number of nitrogens with two attached hydrogens (primary N) is 1. The fourth-order valence-electron chi connectivity index (χ4n) is 3.84. The highest BCUT2D eigenvalue weighted by atomic mass is 16.2. The van der Waals surface area contributed by atoms with Gasteiger partial charge in [-0.2, -0.15) is 5.10 Å². The van der Waals surface area contributed by atoms with Gasteiger partial charge < -0.3 is 11.1 Å². The molecular formula is C23H25N5O2. The Labute approximate surface area is 175 Å². The average molecular weight is 403 g/mol. The molecule has 1 aliphatic heterocycles. The first kappa shape index (κ1) is 19.8. The Hall–Kier alpha value is -3.45. The van der Waals surface area contributed by atoms with Crippen molar-refractivity contribution in [2.24, 2.45) is 11.7 Å². The van der Waals surface area contributed by atoms with Gasteiger partial charge in [0, 0.05) is 24.3 Å². The topological polar surface area (TPSA) is 104 Å². The van der Waals surface area contributed by atoms with Crippen LogP contribution in [0.15, 0.2) is 60.7 Å². The largest absolute Gasteiger partial charge is 0.369 e. The van der Waals surface area contributed by atoms with Crippen molar-refractivity contribution >= 4 is 17.5 Å². The number of aromatic amines is 1. The van der Waals surface area contributed by atoms with Crippen LogP contribution in [-0.4, -0.2) is 40.0 Å². The van der Waals surface area contributed by atoms with Crippen molar-refractivity contribution in [2.75, 3.05) is 18.4 Å². The summed E-state index contributed by atoms with van der Waals surface area (Å²) in [5.41, 5.74) is 9.31. The van der Waals surface area contributed by atoms with E-state index in [0.717, 1.165) is 41.9 Å². The number of primary amides is 1. The lowest BCUT2D eigenvalue weighted by atomic mass is 9.97. The Morgan fingerprint density at radius 3 is 2.70 bits per heavy atom. The Balaban J connectivity index is 1.46. The number of rotatable bonds is 6. The molecule has 0 unspecified atom stereocenters. The van der Waals surface area contributed by atoms with E-state index in [0.29, 0.717) is 18.8 Å². The van der Waals surface area contributed by atoms with Crippen LogP contribution in [0.25, 0.3) is 11.3 Å². The number of carbonyl (C=O) groups is 2. The van der Waals surface area contributed by atoms with E-state index in [2.05, 4.69) is 20.4 Å². The number of H-pyrrole nitrogens is 1. The number of piperidine rings is 1. The number of likely N-dealkylation sites (tertiary alicyclic amines) is 1. The molecule has 0 spiro atoms. The van der Waals surface area contributed by atoms with E-state index in [1.807, 2.05) is 54.6 Å². The normalized spacial score (nSPS) is 16.9. The molecule has 7 heteroatoms. The van der Waals surface area contributed by atoms with Gasteiger partial charge in [-0.05, 0) is 37.1 Å². The highest BCUT2D eigenvalue weighted by Gasteiger charge is 2.24. The summed E-state index contributed by atoms with van der Waals surface area (Å²) in [6.07, 6.45) is 1.78. The van der Waals surface area contributed by atoms with Gasteiger partial charge >= 0.3 is 0 Å². The lowest BCUT2D eigenvalue weighted by Gasteiger charge is -2.31. The van der Waals surface area contributed by atoms with E-state index in [4.69, 9.17) is 5.73 Å². The molecule has 2 heterocycles. The van der Waals surface area contributed by atoms with Gasteiger partial charge in [-0.15, -0.1) is 0 Å². The van der Waals surface area contributed by atoms with Gasteiger partial charge in [0.25, 0.3) is 5.91 Å². The van der Waals surface area contributed by atoms with Crippen molar-refractivity contribution in [2.45, 2.75) is 19.4 Å². The van der Waals surface area contributed by atoms with Gasteiger partial charge in [0.2, 0.25) is 5.91 Å². The van der Waals surface area contributed by atoms with Crippen LogP contribution in [0.3, 0.4) is 0 Å². The second-order valence-electron chi connectivity index (χ2n) is 7.62. The molecule has 1 atom stereocenters. The summed E-state index contributed by atoms with van der Waals surface area (Å²) in [6, 6.07) is 19.2. The SMILES string of the molecule is NC(=O)[C@H]1CCCN(Cc2ccccc2NC(=O)c2cc(-c3ccccc3)n[nH]2)C1. The van der Waals surface area contributed by atoms with Crippen molar-refractivity contribution in [1.29, 1.82) is 0 Å². The highest BCUT2D eigenvalue weighted by Crippen LogP contribution is 2.23. The van der Waals surface area contributed by atoms with E-state index in [9.17, 15) is 9.59 Å². The van der Waals surface area contributed by atoms with Gasteiger partial charge in [0.05, 0.1) is 11.6 Å². The smallest absolute Gasteiger partial charge is 0.273 e. The van der Waals surface area contributed by atoms with Gasteiger partial charge in [-0.1, -0.05) is 48.5 Å². The maximum absolute atomic E-state index is 12.8. The Morgan fingerprint density at radius 2 is 1.90 bits per heavy atom. The Kier molecular flexibility index (Phi) is 5.90. The zero-order valence-corrected chi connectivity index (χ0v) is 16.7. The van der Waals surface area contributed by atoms with Crippen LogP contribution in [0.4, 0.5) is 5.69 Å². The van der Waals surface area contributed by atoms with Crippen molar-refractivity contribution in [3.8, 4) is 11.3 Å². The molecule has 1 aliphatic rings. The molecule has 2 amide bonds. The predicted octanol–water partition coefficient (Wildman–Crippen LogP) is 3.03. The lowest BCUT2D eigenvalue weighted by molar-refractivity contribution is -0.123. The van der Waals surface area contributed by atoms with Crippen LogP contribution in [0.1, 0.15) is 28.9 Å². The number of carbonyl (C=O) groups excluding carboxylic acids is 2. The monoisotopic (exact) mass is 403 g/mol. The molecule has 2 aromatic carbocycles. The summed E-state index contributed by atoms with van der Waals surface area (Å²) in [4.78, 5) is 26.6. The number of nitrogens with zero attached hydrogens (tertiary/aromatic N) is 2. The molecule has 7 nitrogen and oxygen atoms in total. The summed E-state index contributed by atoms with van der Waals surface area (Å²) >= 11 is 0. The molecule has 1 aromatic heterocycles. The van der Waals surface area contributed by atoms with E-state index < -0.39 is 0 Å². The second-order valence-corrected chi connectivity index (χ2v) is 7.62. The third-order valence-corrected chi connectivity index (χ3v) is 5.46. The van der Waals surface area contributed by atoms with Crippen molar-refractivity contribution < 1.29 is 9.59 Å². The van der Waals surface area contributed by atoms with Crippen LogP contribution in [0.5, 0.6) is 0 Å². The average Bonchev–Trinajstić information content (AvgIpc) is 3.26. The maximum Gasteiger partial charge on any atom is 0.273 e. The zero-order valence-electron chi connectivity index (χ0n) is 16.7. The molecule has 1 saturated heterocycles. The molecule has 0 aliphatic carbocycles. The van der Waals surface area contributed by atoms with Gasteiger partial charge in [0.1, 0.15) is 5.69 Å². The lowest BCUT2D eigenvalue weighted by Crippen LogP contribution is -2.40. The molecule has 4 N–H and O–H groups in total. The predicted molar refractivity (Wildman–Crippen MR) is 116 cm³/mol. The van der Waals surface area contributed by atoms with Gasteiger partial charge in [-0.3, -0.25) is 19.6 Å². The number of benzene rings is 2. The van der Waals surface area contributed by atoms with Crippen molar-refractivity contribution in [1.82, 2.24) is 15.1 Å². The van der Waals surface area contributed by atoms with Crippen LogP contribution in [0, 0.1) is 5.92 Å². The number of hydrogen-bond acceptors (Lipinski definition) is 4. The molecular weight excluding hydrogens is 378 g/mol. The fourth-order valence-corrected chi connectivity index (χ4v) is 3.84. The third kappa shape index (κ3) is 4.58. The Bertz CT molecular complexity index is 1030. The van der Waals surface area contributed by atoms with Crippen LogP contribution < -0.4 is 11.1 Å². The van der Waals surface area contributed by atoms with Crippen LogP contribution in [0.2, 0.25) is 0 Å². The summed E-state index contributed by atoms with van der Waals surface area (Å²) < 4.78 is 0. The first-order chi connectivity index (χ1) is 14.6. The first-order valence-electron chi connectivity index (χ1n) is 10.1. The van der Waals surface area contributed by atoms with Crippen LogP contribution >= 0.6 is 0 Å². The van der Waals surface area contributed by atoms with Gasteiger partial charge in [0.15, 0.2) is 0 Å². The first-order valence-corrected chi connectivity index (χ1v) is 10.1. The number of amides is 2. The molecule has 30 heavy (non-hydrogen) atoms. The number of para-hydroxylation sites is 1. The van der Waals surface area contributed by atoms with E-state index in [1.54, 1.807) is 6.07 Å². The quantitative estimate of drug-likeness (QED) is 0.588. The fraction of sp³-hybridized carbons (Fsp3) is 0.261. The molecule has 0 radical (unpaired) electrons. The van der Waals surface area contributed by atoms with E-state index in [-0.39, 0.29) is 17.7 Å². The molecule has 1 fully saturated rings. The van der Waals surface area contributed by atoms with Crippen molar-refractivity contribution in [3.63, 3.8) is 0 Å². The van der Waals surface area contributed by atoms with Crippen molar-refractivity contribution in [3.05, 3.63) is 71.9 Å². The number of hydrogen-bond donors (Lipinski definition) is 3. The van der Waals surface area contributed by atoms with Gasteiger partial charge in [-0.25, -0.2) is 0 Å². The minimum absolute atomic E-state index is 0.109. The summed E-state index contributed by atoms with van der Waals surface area (Å²) in [6.45, 7) is 2.21. The minimum Gasteiger partial charge on any atom is -0.369 e. The minimum atomic E-state index is -0.245. The number of nitrogens with one attached hydrogen (secondary N) is 2. The standard InChI is InChI=1S/C23H25N5O2/c24-22(29)18-10-6-12-28(15-18)14-17-9-4-5-11-19(17)25-23(30)21-13-20(26-27-21)16-7-2-1-3-8-16/h1-5,7-9,11,13,18H,6,10,12,14-15H2,(H2,24,29)(H,25,30)(H,26,27)/t18-/m0/s1. The summed E-state index contributed by atoms with van der Waals surface area (Å²) in [5, 5.41) is 10.1. The highest BCUT2D eigenvalue weighted by molar-refractivity contribution is 6.03. The third-order valence-electron chi connectivity index (χ3n) is 5.46. The number of anilines is 1. The second kappa shape index (κ2) is 8.92. The Morgan fingerprint density at radius 1 is 1.13 bits per heavy atom. The summed E-state index contributed by atoms with van der Waals surface area (Å²) in [7, 11) is 0. The molecule has 0 bridgehead atoms. The number of aromatic nitrogens is 2. The molecule has 3 aromatic rings. The van der Waals surface area contributed by atoms with E-state index >= 15 is 0 Å². The molecule has 0 saturated carbocycles. The maximum atomic E-state index is 12.8. The van der Waals surface area contributed by atoms with E-state index in [1.165, 1.54) is 0 Å². The zero-order chi connectivity index (χ0) is 20.9. The van der Waals surface area contributed by atoms with Crippen LogP contribution in [-0.2, 0) is 11.3 Å². The molecule has 4 rings (SSSR count). The summed E-state index contributed by atoms with van der Waals surface area (Å²) in [5.74, 6) is -0.595.